The number of esters is 1. The van der Waals surface area contributed by atoms with Crippen LogP contribution in [0.25, 0.3) is 0 Å². The Bertz CT molecular complexity index is 713. The molecule has 0 aromatic heterocycles. The summed E-state index contributed by atoms with van der Waals surface area (Å²) in [6, 6.07) is 8.47. The summed E-state index contributed by atoms with van der Waals surface area (Å²) in [5, 5.41) is 5.45. The number of benzene rings is 1. The number of nitrogens with zero attached hydrogens (tertiary/aromatic N) is 1. The average Bonchev–Trinajstić information content (AvgIpc) is 2.62. The zero-order chi connectivity index (χ0) is 21.6. The molecule has 0 radical (unpaired) electrons. The lowest BCUT2D eigenvalue weighted by atomic mass is 10.0. The zero-order valence-electron chi connectivity index (χ0n) is 18.0. The van der Waals surface area contributed by atoms with E-state index in [1.165, 1.54) is 0 Å². The molecule has 7 heteroatoms. The summed E-state index contributed by atoms with van der Waals surface area (Å²) in [7, 11) is 0. The van der Waals surface area contributed by atoms with Crippen LogP contribution in [0.2, 0.25) is 0 Å². The van der Waals surface area contributed by atoms with Gasteiger partial charge in [0.15, 0.2) is 6.10 Å². The van der Waals surface area contributed by atoms with E-state index in [4.69, 9.17) is 4.74 Å². The van der Waals surface area contributed by atoms with Gasteiger partial charge in [0.05, 0.1) is 0 Å². The van der Waals surface area contributed by atoms with Gasteiger partial charge in [0.1, 0.15) is 6.04 Å². The van der Waals surface area contributed by atoms with Gasteiger partial charge in [-0.15, -0.1) is 0 Å². The summed E-state index contributed by atoms with van der Waals surface area (Å²) in [5.41, 5.74) is 0.612. The van der Waals surface area contributed by atoms with Gasteiger partial charge >= 0.3 is 12.0 Å². The van der Waals surface area contributed by atoms with Gasteiger partial charge in [-0.1, -0.05) is 44.2 Å². The van der Waals surface area contributed by atoms with Crippen LogP contribution in [0.15, 0.2) is 30.3 Å². The van der Waals surface area contributed by atoms with Crippen LogP contribution in [-0.4, -0.2) is 47.0 Å². The van der Waals surface area contributed by atoms with Gasteiger partial charge in [-0.25, -0.2) is 9.59 Å². The molecule has 1 aromatic carbocycles. The highest BCUT2D eigenvalue weighted by molar-refractivity contribution is 5.88. The van der Waals surface area contributed by atoms with E-state index in [0.29, 0.717) is 19.5 Å². The van der Waals surface area contributed by atoms with E-state index in [1.807, 2.05) is 65.0 Å². The Balaban J connectivity index is 1.99. The Hall–Kier alpha value is -2.57. The number of ether oxygens (including phenoxy) is 1. The van der Waals surface area contributed by atoms with E-state index in [0.717, 1.165) is 12.0 Å². The summed E-state index contributed by atoms with van der Waals surface area (Å²) >= 11 is 0. The summed E-state index contributed by atoms with van der Waals surface area (Å²) in [4.78, 5) is 39.5. The van der Waals surface area contributed by atoms with Crippen LogP contribution in [0.4, 0.5) is 4.79 Å². The molecular weight excluding hydrogens is 370 g/mol. The first kappa shape index (κ1) is 22.7. The highest BCUT2D eigenvalue weighted by Gasteiger charge is 2.35. The third-order valence-electron chi connectivity index (χ3n) is 4.65. The number of nitrogens with one attached hydrogen (secondary N) is 2. The van der Waals surface area contributed by atoms with Gasteiger partial charge in [-0.05, 0) is 45.1 Å². The van der Waals surface area contributed by atoms with Gasteiger partial charge in [-0.2, -0.15) is 0 Å². The predicted octanol–water partition coefficient (Wildman–Crippen LogP) is 2.84. The fourth-order valence-electron chi connectivity index (χ4n) is 3.20. The number of carbonyl (C=O) groups excluding carboxylic acids is 3. The topological polar surface area (TPSA) is 87.7 Å². The van der Waals surface area contributed by atoms with Crippen molar-refractivity contribution in [1.82, 2.24) is 15.5 Å². The van der Waals surface area contributed by atoms with Gasteiger partial charge in [0, 0.05) is 18.6 Å². The van der Waals surface area contributed by atoms with E-state index in [-0.39, 0.29) is 11.8 Å². The highest BCUT2D eigenvalue weighted by Crippen LogP contribution is 2.19. The second kappa shape index (κ2) is 9.76. The second-order valence-electron chi connectivity index (χ2n) is 8.88. The molecule has 2 atom stereocenters. The number of hydrogen-bond donors (Lipinski definition) is 2. The first-order valence-electron chi connectivity index (χ1n) is 10.2. The van der Waals surface area contributed by atoms with Crippen LogP contribution in [-0.2, 0) is 20.9 Å². The Kier molecular flexibility index (Phi) is 7.65. The number of amides is 3. The molecule has 1 fully saturated rings. The van der Waals surface area contributed by atoms with Crippen molar-refractivity contribution in [2.45, 2.75) is 71.7 Å². The number of piperidine rings is 1. The fraction of sp³-hybridized carbons (Fsp3) is 0.591. The molecule has 2 N–H and O–H groups in total. The van der Waals surface area contributed by atoms with E-state index in [1.54, 1.807) is 4.90 Å². The van der Waals surface area contributed by atoms with E-state index in [2.05, 4.69) is 10.6 Å². The van der Waals surface area contributed by atoms with Gasteiger partial charge in [0.25, 0.3) is 5.91 Å². The minimum Gasteiger partial charge on any atom is -0.451 e. The van der Waals surface area contributed by atoms with E-state index < -0.39 is 29.7 Å². The smallest absolute Gasteiger partial charge is 0.329 e. The molecule has 3 amide bonds. The predicted molar refractivity (Wildman–Crippen MR) is 111 cm³/mol. The number of urea groups is 1. The summed E-state index contributed by atoms with van der Waals surface area (Å²) in [5.74, 6) is -0.939. The number of carbonyl (C=O) groups is 3. The van der Waals surface area contributed by atoms with Gasteiger partial charge in [0.2, 0.25) is 0 Å². The van der Waals surface area contributed by atoms with Crippen molar-refractivity contribution in [1.29, 1.82) is 0 Å². The maximum Gasteiger partial charge on any atom is 0.329 e. The normalized spacial score (nSPS) is 18.3. The molecule has 2 rings (SSSR count). The van der Waals surface area contributed by atoms with Crippen molar-refractivity contribution >= 4 is 17.9 Å². The summed E-state index contributed by atoms with van der Waals surface area (Å²) < 4.78 is 5.55. The lowest BCUT2D eigenvalue weighted by molar-refractivity contribution is -0.166. The largest absolute Gasteiger partial charge is 0.451 e. The van der Waals surface area contributed by atoms with Crippen LogP contribution in [0.3, 0.4) is 0 Å². The lowest BCUT2D eigenvalue weighted by Gasteiger charge is -2.33. The first-order valence-corrected chi connectivity index (χ1v) is 10.2. The Morgan fingerprint density at radius 2 is 1.86 bits per heavy atom. The molecule has 1 saturated heterocycles. The molecule has 1 aliphatic rings. The highest BCUT2D eigenvalue weighted by atomic mass is 16.5. The molecule has 0 spiro atoms. The third kappa shape index (κ3) is 7.07. The molecule has 29 heavy (non-hydrogen) atoms. The molecule has 1 aliphatic heterocycles. The molecule has 0 saturated carbocycles. The fourth-order valence-corrected chi connectivity index (χ4v) is 3.20. The van der Waals surface area contributed by atoms with Crippen LogP contribution in [0, 0.1) is 5.92 Å². The Morgan fingerprint density at radius 1 is 1.21 bits per heavy atom. The minimum atomic E-state index is -0.824. The minimum absolute atomic E-state index is 0.174. The Labute approximate surface area is 173 Å². The van der Waals surface area contributed by atoms with Crippen molar-refractivity contribution in [3.8, 4) is 0 Å². The van der Waals surface area contributed by atoms with Crippen LogP contribution < -0.4 is 10.6 Å². The van der Waals surface area contributed by atoms with Crippen molar-refractivity contribution in [2.24, 2.45) is 5.92 Å². The summed E-state index contributed by atoms with van der Waals surface area (Å²) in [6.07, 6.45) is 0.448. The first-order chi connectivity index (χ1) is 13.6. The monoisotopic (exact) mass is 403 g/mol. The van der Waals surface area contributed by atoms with Crippen molar-refractivity contribution < 1.29 is 19.1 Å². The maximum atomic E-state index is 12.8. The van der Waals surface area contributed by atoms with Crippen LogP contribution >= 0.6 is 0 Å². The third-order valence-corrected chi connectivity index (χ3v) is 4.65. The Morgan fingerprint density at radius 3 is 2.45 bits per heavy atom. The van der Waals surface area contributed by atoms with E-state index in [9.17, 15) is 14.4 Å². The van der Waals surface area contributed by atoms with Gasteiger partial charge in [-0.3, -0.25) is 4.79 Å². The second-order valence-corrected chi connectivity index (χ2v) is 8.88. The SMILES string of the molecule is CC(C)[C@H](NC(=O)NC(C)(C)C)C(=O)OC1CCCN(Cc2ccccc2)C1=O. The summed E-state index contributed by atoms with van der Waals surface area (Å²) in [6.45, 7) is 10.4. The zero-order valence-corrected chi connectivity index (χ0v) is 18.0. The van der Waals surface area contributed by atoms with Crippen molar-refractivity contribution in [3.63, 3.8) is 0 Å². The molecular formula is C22H33N3O4. The number of likely N-dealkylation sites (tertiary alicyclic amines) is 1. The average molecular weight is 404 g/mol. The number of hydrogen-bond acceptors (Lipinski definition) is 4. The van der Waals surface area contributed by atoms with Crippen LogP contribution in [0.1, 0.15) is 53.0 Å². The molecule has 0 aliphatic carbocycles. The molecule has 160 valence electrons. The molecule has 7 nitrogen and oxygen atoms in total. The van der Waals surface area contributed by atoms with Gasteiger partial charge < -0.3 is 20.3 Å². The quantitative estimate of drug-likeness (QED) is 0.715. The maximum absolute atomic E-state index is 12.8. The molecule has 1 heterocycles. The van der Waals surface area contributed by atoms with Crippen molar-refractivity contribution in [2.75, 3.05) is 6.54 Å². The lowest BCUT2D eigenvalue weighted by Crippen LogP contribution is -2.55. The molecule has 1 unspecified atom stereocenters. The van der Waals surface area contributed by atoms with Crippen LogP contribution in [0.5, 0.6) is 0 Å². The number of rotatable bonds is 6. The van der Waals surface area contributed by atoms with E-state index >= 15 is 0 Å². The molecule has 1 aromatic rings. The molecule has 0 bridgehead atoms. The standard InChI is InChI=1S/C22H33N3O4/c1-15(2)18(23-21(28)24-22(3,4)5)20(27)29-17-12-9-13-25(19(17)26)14-16-10-7-6-8-11-16/h6-8,10-11,15,17-18H,9,12-14H2,1-5H3,(H2,23,24,28)/t17?,18-/m0/s1. The van der Waals surface area contributed by atoms with Crippen molar-refractivity contribution in [3.05, 3.63) is 35.9 Å².